The van der Waals surface area contributed by atoms with Gasteiger partial charge in [0, 0.05) is 30.9 Å². The molecule has 0 unspecified atom stereocenters. The molecule has 7 nitrogen and oxygen atoms in total. The molecular formula is C13H16FN3O4. The lowest BCUT2D eigenvalue weighted by Gasteiger charge is -2.31. The van der Waals surface area contributed by atoms with Crippen LogP contribution < -0.4 is 5.32 Å². The fourth-order valence-electron chi connectivity index (χ4n) is 2.11. The van der Waals surface area contributed by atoms with Gasteiger partial charge in [-0.3, -0.25) is 19.8 Å². The zero-order valence-electron chi connectivity index (χ0n) is 11.5. The van der Waals surface area contributed by atoms with Crippen molar-refractivity contribution in [3.8, 4) is 0 Å². The number of nitro benzene ring substituents is 1. The molecule has 1 aromatic carbocycles. The third-order valence-corrected chi connectivity index (χ3v) is 3.38. The third-order valence-electron chi connectivity index (χ3n) is 3.38. The third kappa shape index (κ3) is 3.73. The van der Waals surface area contributed by atoms with E-state index in [1.807, 2.05) is 4.90 Å². The SMILES string of the molecule is C[C@@H](C(=O)Nc1ccc([N+](=O)[O-])c(F)c1)N1CCOCC1. The fourth-order valence-corrected chi connectivity index (χ4v) is 2.11. The van der Waals surface area contributed by atoms with Crippen LogP contribution >= 0.6 is 0 Å². The van der Waals surface area contributed by atoms with E-state index in [9.17, 15) is 19.3 Å². The van der Waals surface area contributed by atoms with Crippen molar-refractivity contribution in [2.24, 2.45) is 0 Å². The predicted molar refractivity (Wildman–Crippen MR) is 73.5 cm³/mol. The highest BCUT2D eigenvalue weighted by molar-refractivity contribution is 5.94. The van der Waals surface area contributed by atoms with E-state index in [2.05, 4.69) is 5.32 Å². The Morgan fingerprint density at radius 1 is 1.48 bits per heavy atom. The molecule has 0 saturated carbocycles. The summed E-state index contributed by atoms with van der Waals surface area (Å²) in [5.41, 5.74) is -0.419. The molecule has 114 valence electrons. The number of carbonyl (C=O) groups excluding carboxylic acids is 1. The first-order valence-corrected chi connectivity index (χ1v) is 6.55. The standard InChI is InChI=1S/C13H16FN3O4/c1-9(16-4-6-21-7-5-16)13(18)15-10-2-3-12(17(19)20)11(14)8-10/h2-3,8-9H,4-7H2,1H3,(H,15,18)/t9-/m0/s1. The van der Waals surface area contributed by atoms with Crippen LogP contribution in [0.25, 0.3) is 0 Å². The number of halogens is 1. The van der Waals surface area contributed by atoms with E-state index in [0.717, 1.165) is 12.1 Å². The van der Waals surface area contributed by atoms with Gasteiger partial charge in [-0.05, 0) is 13.0 Å². The Bertz CT molecular complexity index is 546. The predicted octanol–water partition coefficient (Wildman–Crippen LogP) is 1.39. The molecule has 0 spiro atoms. The van der Waals surface area contributed by atoms with Gasteiger partial charge in [0.2, 0.25) is 11.7 Å². The molecule has 1 saturated heterocycles. The van der Waals surface area contributed by atoms with Crippen LogP contribution in [0.5, 0.6) is 0 Å². The summed E-state index contributed by atoms with van der Waals surface area (Å²) in [6.07, 6.45) is 0. The zero-order valence-corrected chi connectivity index (χ0v) is 11.5. The molecule has 1 aliphatic heterocycles. The van der Waals surface area contributed by atoms with Gasteiger partial charge in [0.15, 0.2) is 0 Å². The Morgan fingerprint density at radius 2 is 2.14 bits per heavy atom. The minimum absolute atomic E-state index is 0.197. The van der Waals surface area contributed by atoms with Crippen molar-refractivity contribution in [1.29, 1.82) is 0 Å². The van der Waals surface area contributed by atoms with Crippen LogP contribution in [0.15, 0.2) is 18.2 Å². The Morgan fingerprint density at radius 3 is 2.71 bits per heavy atom. The number of amides is 1. The van der Waals surface area contributed by atoms with Crippen molar-refractivity contribution in [3.63, 3.8) is 0 Å². The van der Waals surface area contributed by atoms with E-state index in [-0.39, 0.29) is 17.6 Å². The molecule has 1 atom stereocenters. The van der Waals surface area contributed by atoms with Crippen molar-refractivity contribution >= 4 is 17.3 Å². The number of hydrogen-bond donors (Lipinski definition) is 1. The molecular weight excluding hydrogens is 281 g/mol. The minimum atomic E-state index is -0.975. The second-order valence-corrected chi connectivity index (χ2v) is 4.74. The summed E-state index contributed by atoms with van der Waals surface area (Å²) in [6.45, 7) is 4.21. The van der Waals surface area contributed by atoms with Gasteiger partial charge in [-0.25, -0.2) is 0 Å². The van der Waals surface area contributed by atoms with Gasteiger partial charge in [0.25, 0.3) is 0 Å². The van der Waals surface area contributed by atoms with E-state index in [0.29, 0.717) is 26.3 Å². The van der Waals surface area contributed by atoms with Crippen molar-refractivity contribution in [1.82, 2.24) is 4.90 Å². The number of benzene rings is 1. The van der Waals surface area contributed by atoms with Gasteiger partial charge >= 0.3 is 5.69 Å². The van der Waals surface area contributed by atoms with Gasteiger partial charge in [-0.15, -0.1) is 0 Å². The number of rotatable bonds is 4. The second-order valence-electron chi connectivity index (χ2n) is 4.74. The van der Waals surface area contributed by atoms with Gasteiger partial charge < -0.3 is 10.1 Å². The van der Waals surface area contributed by atoms with E-state index in [1.54, 1.807) is 6.92 Å². The zero-order chi connectivity index (χ0) is 15.4. The highest BCUT2D eigenvalue weighted by atomic mass is 19.1. The lowest BCUT2D eigenvalue weighted by molar-refractivity contribution is -0.387. The lowest BCUT2D eigenvalue weighted by Crippen LogP contribution is -2.47. The summed E-state index contributed by atoms with van der Waals surface area (Å²) in [5, 5.41) is 13.1. The molecule has 1 amide bonds. The average molecular weight is 297 g/mol. The number of nitrogens with one attached hydrogen (secondary N) is 1. The van der Waals surface area contributed by atoms with E-state index < -0.39 is 16.4 Å². The monoisotopic (exact) mass is 297 g/mol. The highest BCUT2D eigenvalue weighted by Crippen LogP contribution is 2.21. The quantitative estimate of drug-likeness (QED) is 0.670. The summed E-state index contributed by atoms with van der Waals surface area (Å²) in [5.74, 6) is -1.26. The van der Waals surface area contributed by atoms with Crippen molar-refractivity contribution < 1.29 is 18.8 Å². The first-order chi connectivity index (χ1) is 9.99. The second kappa shape index (κ2) is 6.59. The highest BCUT2D eigenvalue weighted by Gasteiger charge is 2.23. The Hall–Kier alpha value is -2.06. The van der Waals surface area contributed by atoms with Crippen LogP contribution in [0, 0.1) is 15.9 Å². The normalized spacial score (nSPS) is 17.2. The maximum absolute atomic E-state index is 13.5. The summed E-state index contributed by atoms with van der Waals surface area (Å²) in [6, 6.07) is 2.91. The summed E-state index contributed by atoms with van der Waals surface area (Å²) >= 11 is 0. The van der Waals surface area contributed by atoms with Crippen LogP contribution in [-0.2, 0) is 9.53 Å². The molecule has 21 heavy (non-hydrogen) atoms. The maximum Gasteiger partial charge on any atom is 0.304 e. The number of ether oxygens (including phenoxy) is 1. The van der Waals surface area contributed by atoms with Gasteiger partial charge in [-0.1, -0.05) is 0 Å². The molecule has 1 aliphatic rings. The first-order valence-electron chi connectivity index (χ1n) is 6.55. The number of morpholine rings is 1. The van der Waals surface area contributed by atoms with Gasteiger partial charge in [-0.2, -0.15) is 4.39 Å². The molecule has 1 heterocycles. The number of anilines is 1. The van der Waals surface area contributed by atoms with Crippen LogP contribution in [0.2, 0.25) is 0 Å². The Labute approximate surface area is 120 Å². The molecule has 0 aromatic heterocycles. The molecule has 2 rings (SSSR count). The smallest absolute Gasteiger partial charge is 0.304 e. The molecule has 1 fully saturated rings. The molecule has 0 aliphatic carbocycles. The van der Waals surface area contributed by atoms with E-state index in [1.165, 1.54) is 6.07 Å². The van der Waals surface area contributed by atoms with Crippen LogP contribution in [-0.4, -0.2) is 48.1 Å². The number of nitro groups is 1. The topological polar surface area (TPSA) is 84.7 Å². The molecule has 0 radical (unpaired) electrons. The molecule has 8 heteroatoms. The van der Waals surface area contributed by atoms with E-state index in [4.69, 9.17) is 4.74 Å². The van der Waals surface area contributed by atoms with Crippen molar-refractivity contribution in [2.75, 3.05) is 31.6 Å². The Kier molecular flexibility index (Phi) is 4.81. The van der Waals surface area contributed by atoms with Crippen LogP contribution in [0.1, 0.15) is 6.92 Å². The Balaban J connectivity index is 2.01. The average Bonchev–Trinajstić information content (AvgIpc) is 2.47. The van der Waals surface area contributed by atoms with Gasteiger partial charge in [0.1, 0.15) is 0 Å². The number of nitrogens with zero attached hydrogens (tertiary/aromatic N) is 2. The van der Waals surface area contributed by atoms with Crippen molar-refractivity contribution in [2.45, 2.75) is 13.0 Å². The number of hydrogen-bond acceptors (Lipinski definition) is 5. The largest absolute Gasteiger partial charge is 0.379 e. The van der Waals surface area contributed by atoms with Crippen LogP contribution in [0.3, 0.4) is 0 Å². The maximum atomic E-state index is 13.5. The summed E-state index contributed by atoms with van der Waals surface area (Å²) in [4.78, 5) is 23.8. The summed E-state index contributed by atoms with van der Waals surface area (Å²) < 4.78 is 18.7. The van der Waals surface area contributed by atoms with Crippen LogP contribution in [0.4, 0.5) is 15.8 Å². The minimum Gasteiger partial charge on any atom is -0.379 e. The summed E-state index contributed by atoms with van der Waals surface area (Å²) in [7, 11) is 0. The molecule has 1 N–H and O–H groups in total. The lowest BCUT2D eigenvalue weighted by atomic mass is 10.2. The molecule has 0 bridgehead atoms. The first kappa shape index (κ1) is 15.3. The van der Waals surface area contributed by atoms with Gasteiger partial charge in [0.05, 0.1) is 24.2 Å². The van der Waals surface area contributed by atoms with Crippen molar-refractivity contribution in [3.05, 3.63) is 34.1 Å². The molecule has 1 aromatic rings. The van der Waals surface area contributed by atoms with E-state index >= 15 is 0 Å². The number of carbonyl (C=O) groups is 1. The fraction of sp³-hybridized carbons (Fsp3) is 0.462.